The van der Waals surface area contributed by atoms with Crippen LogP contribution in [0.2, 0.25) is 0 Å². The summed E-state index contributed by atoms with van der Waals surface area (Å²) in [5.41, 5.74) is 0. The third-order valence-corrected chi connectivity index (χ3v) is 11.9. The smallest absolute Gasteiger partial charge is 0.397 e. The number of carbonyl (C=O) groups excluding carboxylic acids is 1. The summed E-state index contributed by atoms with van der Waals surface area (Å²) < 4.78 is 59.1. The highest BCUT2D eigenvalue weighted by molar-refractivity contribution is 7.80. The van der Waals surface area contributed by atoms with Crippen LogP contribution in [0, 0.1) is 0 Å². The van der Waals surface area contributed by atoms with E-state index < -0.39 is 59.8 Å². The van der Waals surface area contributed by atoms with Gasteiger partial charge in [-0.3, -0.25) is 9.35 Å². The van der Waals surface area contributed by atoms with Crippen molar-refractivity contribution < 1.29 is 56.2 Å². The Kier molecular flexibility index (Phi) is 37.4. The van der Waals surface area contributed by atoms with Crippen LogP contribution in [0.25, 0.3) is 0 Å². The summed E-state index contributed by atoms with van der Waals surface area (Å²) >= 11 is 0. The maximum absolute atomic E-state index is 12.9. The van der Waals surface area contributed by atoms with Crippen molar-refractivity contribution in [3.63, 3.8) is 0 Å². The summed E-state index contributed by atoms with van der Waals surface area (Å²) in [6, 6.07) is 0. The first-order chi connectivity index (χ1) is 29.1. The zero-order valence-electron chi connectivity index (χ0n) is 38.0. The molecule has 13 heteroatoms. The Bertz CT molecular complexity index is 1110. The van der Waals surface area contributed by atoms with Gasteiger partial charge in [0.05, 0.1) is 19.8 Å². The second-order valence-electron chi connectivity index (χ2n) is 17.1. The fourth-order valence-electron chi connectivity index (χ4n) is 7.67. The van der Waals surface area contributed by atoms with Gasteiger partial charge in [0.15, 0.2) is 6.29 Å². The number of allylic oxidation sites excluding steroid dienone is 2. The first kappa shape index (κ1) is 56.9. The molecule has 1 saturated heterocycles. The molecule has 356 valence electrons. The fourth-order valence-corrected chi connectivity index (χ4v) is 8.18. The van der Waals surface area contributed by atoms with E-state index in [1.54, 1.807) is 0 Å². The first-order valence-electron chi connectivity index (χ1n) is 24.4. The van der Waals surface area contributed by atoms with Crippen LogP contribution in [0.15, 0.2) is 12.2 Å². The predicted molar refractivity (Wildman–Crippen MR) is 239 cm³/mol. The van der Waals surface area contributed by atoms with Gasteiger partial charge in [0, 0.05) is 13.0 Å². The van der Waals surface area contributed by atoms with Crippen molar-refractivity contribution in [2.45, 2.75) is 256 Å². The first-order valence-corrected chi connectivity index (χ1v) is 25.8. The van der Waals surface area contributed by atoms with E-state index in [1.807, 2.05) is 0 Å². The van der Waals surface area contributed by atoms with Crippen LogP contribution in [0.3, 0.4) is 0 Å². The molecule has 6 atom stereocenters. The highest BCUT2D eigenvalue weighted by Crippen LogP contribution is 2.26. The topological polar surface area (TPSA) is 178 Å². The van der Waals surface area contributed by atoms with Gasteiger partial charge < -0.3 is 34.3 Å². The lowest BCUT2D eigenvalue weighted by molar-refractivity contribution is -0.301. The molecule has 0 saturated carbocycles. The highest BCUT2D eigenvalue weighted by atomic mass is 32.3. The van der Waals surface area contributed by atoms with Gasteiger partial charge in [-0.15, -0.1) is 0 Å². The maximum atomic E-state index is 12.9. The van der Waals surface area contributed by atoms with Crippen LogP contribution in [-0.4, -0.2) is 97.5 Å². The number of aliphatic hydroxyl groups excluding tert-OH is 3. The molecule has 60 heavy (non-hydrogen) atoms. The minimum absolute atomic E-state index is 0.0409. The predicted octanol–water partition coefficient (Wildman–Crippen LogP) is 10.6. The van der Waals surface area contributed by atoms with E-state index in [0.29, 0.717) is 13.0 Å². The number of hydrogen-bond donors (Lipinski definition) is 4. The van der Waals surface area contributed by atoms with Gasteiger partial charge in [0.2, 0.25) is 0 Å². The van der Waals surface area contributed by atoms with Crippen LogP contribution in [-0.2, 0) is 38.3 Å². The molecule has 1 fully saturated rings. The molecular formula is C47H90O12S. The van der Waals surface area contributed by atoms with Crippen LogP contribution < -0.4 is 0 Å². The minimum atomic E-state index is -5.06. The normalized spacial score (nSPS) is 20.3. The molecule has 1 aliphatic rings. The van der Waals surface area contributed by atoms with Crippen molar-refractivity contribution in [3.05, 3.63) is 12.2 Å². The zero-order chi connectivity index (χ0) is 43.9. The number of hydrogen-bond acceptors (Lipinski definition) is 11. The maximum Gasteiger partial charge on any atom is 0.397 e. The van der Waals surface area contributed by atoms with Gasteiger partial charge in [0.25, 0.3) is 0 Å². The van der Waals surface area contributed by atoms with Gasteiger partial charge in [-0.1, -0.05) is 187 Å². The van der Waals surface area contributed by atoms with Gasteiger partial charge in [-0.25, -0.2) is 4.18 Å². The van der Waals surface area contributed by atoms with E-state index in [-0.39, 0.29) is 19.6 Å². The zero-order valence-corrected chi connectivity index (χ0v) is 38.9. The quantitative estimate of drug-likeness (QED) is 0.0197. The summed E-state index contributed by atoms with van der Waals surface area (Å²) in [6.45, 7) is 4.02. The van der Waals surface area contributed by atoms with Gasteiger partial charge in [0.1, 0.15) is 30.5 Å². The number of unbranched alkanes of at least 4 members (excludes halogenated alkanes) is 28. The number of carbonyl (C=O) groups is 1. The molecule has 0 amide bonds. The van der Waals surface area contributed by atoms with Crippen molar-refractivity contribution >= 4 is 16.4 Å². The number of ether oxygens (including phenoxy) is 4. The van der Waals surface area contributed by atoms with E-state index in [2.05, 4.69) is 30.2 Å². The Labute approximate surface area is 366 Å². The van der Waals surface area contributed by atoms with Gasteiger partial charge in [-0.05, 0) is 38.5 Å². The molecule has 6 unspecified atom stereocenters. The number of aliphatic hydroxyl groups is 3. The van der Waals surface area contributed by atoms with Crippen LogP contribution in [0.5, 0.6) is 0 Å². The Balaban J connectivity index is 2.35. The van der Waals surface area contributed by atoms with E-state index in [9.17, 15) is 28.5 Å². The lowest BCUT2D eigenvalue weighted by atomic mass is 9.99. The summed E-state index contributed by atoms with van der Waals surface area (Å²) in [5.74, 6) is -0.397. The highest BCUT2D eigenvalue weighted by Gasteiger charge is 2.48. The molecule has 4 N–H and O–H groups in total. The van der Waals surface area contributed by atoms with Crippen molar-refractivity contribution in [1.29, 1.82) is 0 Å². The van der Waals surface area contributed by atoms with E-state index >= 15 is 0 Å². The molecule has 0 aliphatic carbocycles. The molecule has 0 bridgehead atoms. The molecule has 1 rings (SSSR count). The molecule has 0 aromatic rings. The Morgan fingerprint density at radius 2 is 1.05 bits per heavy atom. The monoisotopic (exact) mass is 879 g/mol. The fraction of sp³-hybridized carbons (Fsp3) is 0.936. The molecule has 0 spiro atoms. The molecular weight excluding hydrogens is 789 g/mol. The second-order valence-corrected chi connectivity index (χ2v) is 18.1. The molecule has 1 aliphatic heterocycles. The number of esters is 1. The van der Waals surface area contributed by atoms with Crippen LogP contribution in [0.1, 0.15) is 219 Å². The Morgan fingerprint density at radius 1 is 0.617 bits per heavy atom. The van der Waals surface area contributed by atoms with Crippen LogP contribution >= 0.6 is 0 Å². The Hall–Kier alpha value is -1.16. The average Bonchev–Trinajstić information content (AvgIpc) is 3.22. The van der Waals surface area contributed by atoms with E-state index in [4.69, 9.17) is 23.5 Å². The number of rotatable bonds is 43. The molecule has 1 heterocycles. The summed E-state index contributed by atoms with van der Waals surface area (Å²) in [6.07, 6.45) is 33.9. The summed E-state index contributed by atoms with van der Waals surface area (Å²) in [7, 11) is -5.06. The molecule has 0 aromatic carbocycles. The SMILES string of the molecule is CCCCCCCCCC/C=C\CCCCCCCCCCCC(=O)OC(COCCCCCCCCCCCCCC)COC1OC(CO)C(O)C(OS(=O)(=O)O)C1O. The van der Waals surface area contributed by atoms with Gasteiger partial charge >= 0.3 is 16.4 Å². The molecule has 0 aromatic heterocycles. The average molecular weight is 879 g/mol. The summed E-state index contributed by atoms with van der Waals surface area (Å²) in [5, 5.41) is 30.7. The van der Waals surface area contributed by atoms with Crippen molar-refractivity contribution in [3.8, 4) is 0 Å². The van der Waals surface area contributed by atoms with Crippen LogP contribution in [0.4, 0.5) is 0 Å². The van der Waals surface area contributed by atoms with Gasteiger partial charge in [-0.2, -0.15) is 8.42 Å². The van der Waals surface area contributed by atoms with Crippen molar-refractivity contribution in [2.75, 3.05) is 26.4 Å². The largest absolute Gasteiger partial charge is 0.457 e. The molecule has 12 nitrogen and oxygen atoms in total. The Morgan fingerprint density at radius 3 is 1.50 bits per heavy atom. The molecule has 0 radical (unpaired) electrons. The standard InChI is InChI=1S/C47H90O12S/c1-3-5-7-9-11-13-15-17-18-19-20-21-22-23-24-25-26-28-30-32-34-36-43(49)57-41(39-55-37-35-33-31-29-27-16-14-12-10-8-6-4-2)40-56-47-45(51)46(59-60(52,53)54)44(50)42(38-48)58-47/h19-20,41-42,44-48,50-51H,3-18,21-40H2,1-2H3,(H,52,53,54)/b20-19-. The second kappa shape index (κ2) is 39.4. The summed E-state index contributed by atoms with van der Waals surface area (Å²) in [4.78, 5) is 12.9. The minimum Gasteiger partial charge on any atom is -0.457 e. The van der Waals surface area contributed by atoms with Crippen molar-refractivity contribution in [2.24, 2.45) is 0 Å². The lowest BCUT2D eigenvalue weighted by Crippen LogP contribution is -2.60. The van der Waals surface area contributed by atoms with E-state index in [0.717, 1.165) is 38.5 Å². The third kappa shape index (κ3) is 32.5. The van der Waals surface area contributed by atoms with E-state index in [1.165, 1.54) is 154 Å². The third-order valence-electron chi connectivity index (χ3n) is 11.4. The lowest BCUT2D eigenvalue weighted by Gasteiger charge is -2.41. The van der Waals surface area contributed by atoms with Crippen molar-refractivity contribution in [1.82, 2.24) is 0 Å².